The number of aromatic nitrogens is 2. The number of sulfone groups is 1. The van der Waals surface area contributed by atoms with Crippen molar-refractivity contribution < 1.29 is 13.2 Å². The second-order valence-electron chi connectivity index (χ2n) is 4.54. The molecule has 0 aliphatic heterocycles. The zero-order valence-corrected chi connectivity index (χ0v) is 12.0. The minimum atomic E-state index is -3.35. The van der Waals surface area contributed by atoms with E-state index in [1.807, 2.05) is 6.92 Å². The van der Waals surface area contributed by atoms with Crippen molar-refractivity contribution in [1.82, 2.24) is 10.2 Å². The van der Waals surface area contributed by atoms with Crippen molar-refractivity contribution in [3.63, 3.8) is 0 Å². The molecule has 0 atom stereocenters. The summed E-state index contributed by atoms with van der Waals surface area (Å²) in [6.07, 6.45) is 1.11. The van der Waals surface area contributed by atoms with Crippen LogP contribution in [0.4, 0.5) is 5.82 Å². The van der Waals surface area contributed by atoms with E-state index in [9.17, 15) is 13.2 Å². The first-order chi connectivity index (χ1) is 9.36. The summed E-state index contributed by atoms with van der Waals surface area (Å²) >= 11 is 0. The third kappa shape index (κ3) is 3.45. The Kier molecular flexibility index (Phi) is 3.89. The number of rotatable bonds is 4. The molecule has 0 saturated carbocycles. The molecular weight excluding hydrogens is 278 g/mol. The summed E-state index contributed by atoms with van der Waals surface area (Å²) in [5.41, 5.74) is 1.30. The molecule has 0 fully saturated rings. The van der Waals surface area contributed by atoms with Crippen LogP contribution < -0.4 is 5.32 Å². The molecular formula is C13H15N3O3S. The lowest BCUT2D eigenvalue weighted by Crippen LogP contribution is -2.16. The van der Waals surface area contributed by atoms with Gasteiger partial charge in [0.1, 0.15) is 0 Å². The van der Waals surface area contributed by atoms with E-state index in [0.717, 1.165) is 11.9 Å². The quantitative estimate of drug-likeness (QED) is 0.889. The maximum Gasteiger partial charge on any atom is 0.230 e. The van der Waals surface area contributed by atoms with Gasteiger partial charge in [0.2, 0.25) is 5.91 Å². The molecule has 0 bridgehead atoms. The molecule has 6 nitrogen and oxygen atoms in total. The topological polar surface area (TPSA) is 91.9 Å². The number of nitrogens with zero attached hydrogens (tertiary/aromatic N) is 1. The molecule has 0 spiro atoms. The van der Waals surface area contributed by atoms with E-state index in [1.165, 1.54) is 6.07 Å². The Morgan fingerprint density at radius 2 is 2.05 bits per heavy atom. The summed E-state index contributed by atoms with van der Waals surface area (Å²) in [4.78, 5) is 12.1. The predicted octanol–water partition coefficient (Wildman–Crippen LogP) is 1.30. The van der Waals surface area contributed by atoms with Gasteiger partial charge in [-0.05, 0) is 18.6 Å². The fourth-order valence-corrected chi connectivity index (χ4v) is 2.80. The third-order valence-corrected chi connectivity index (χ3v) is 3.89. The Hall–Kier alpha value is -2.15. The smallest absolute Gasteiger partial charge is 0.230 e. The third-order valence-electron chi connectivity index (χ3n) is 2.70. The second-order valence-corrected chi connectivity index (χ2v) is 6.53. The van der Waals surface area contributed by atoms with E-state index in [4.69, 9.17) is 0 Å². The van der Waals surface area contributed by atoms with Crippen LogP contribution in [0.3, 0.4) is 0 Å². The highest BCUT2D eigenvalue weighted by molar-refractivity contribution is 7.90. The number of benzene rings is 1. The molecule has 1 aromatic heterocycles. The van der Waals surface area contributed by atoms with Crippen molar-refractivity contribution in [2.75, 3.05) is 11.6 Å². The predicted molar refractivity (Wildman–Crippen MR) is 75.2 cm³/mol. The van der Waals surface area contributed by atoms with Crippen molar-refractivity contribution in [1.29, 1.82) is 0 Å². The Balaban J connectivity index is 2.16. The Labute approximate surface area is 117 Å². The van der Waals surface area contributed by atoms with Crippen LogP contribution in [-0.2, 0) is 21.1 Å². The summed E-state index contributed by atoms with van der Waals surface area (Å²) in [6.45, 7) is 1.82. The Morgan fingerprint density at radius 3 is 2.65 bits per heavy atom. The molecule has 2 N–H and O–H groups in total. The van der Waals surface area contributed by atoms with Crippen LogP contribution >= 0.6 is 0 Å². The van der Waals surface area contributed by atoms with Gasteiger partial charge >= 0.3 is 0 Å². The molecule has 20 heavy (non-hydrogen) atoms. The lowest BCUT2D eigenvalue weighted by molar-refractivity contribution is -0.115. The molecule has 1 heterocycles. The van der Waals surface area contributed by atoms with Crippen LogP contribution in [0.5, 0.6) is 0 Å². The number of carbonyl (C=O) groups is 1. The van der Waals surface area contributed by atoms with Gasteiger partial charge in [0.05, 0.1) is 11.3 Å². The van der Waals surface area contributed by atoms with Crippen LogP contribution in [0, 0.1) is 6.92 Å². The normalized spacial score (nSPS) is 11.3. The molecule has 0 saturated heterocycles. The largest absolute Gasteiger partial charge is 0.309 e. The van der Waals surface area contributed by atoms with Crippen molar-refractivity contribution in [3.05, 3.63) is 41.6 Å². The fourth-order valence-electron chi connectivity index (χ4n) is 1.85. The molecule has 7 heteroatoms. The van der Waals surface area contributed by atoms with Crippen molar-refractivity contribution in [2.24, 2.45) is 0 Å². The number of nitrogens with one attached hydrogen (secondary N) is 2. The molecule has 1 aromatic carbocycles. The average Bonchev–Trinajstić information content (AvgIpc) is 2.73. The van der Waals surface area contributed by atoms with Crippen molar-refractivity contribution in [3.8, 4) is 0 Å². The van der Waals surface area contributed by atoms with E-state index in [1.54, 1.807) is 24.3 Å². The van der Waals surface area contributed by atoms with Crippen molar-refractivity contribution in [2.45, 2.75) is 18.2 Å². The second kappa shape index (κ2) is 5.46. The van der Waals surface area contributed by atoms with Crippen LogP contribution in [0.25, 0.3) is 0 Å². The lowest BCUT2D eigenvalue weighted by atomic mass is 10.1. The minimum absolute atomic E-state index is 0.0187. The van der Waals surface area contributed by atoms with E-state index in [2.05, 4.69) is 15.5 Å². The molecule has 0 unspecified atom stereocenters. The molecule has 0 aliphatic carbocycles. The maximum atomic E-state index is 11.9. The average molecular weight is 293 g/mol. The summed E-state index contributed by atoms with van der Waals surface area (Å²) < 4.78 is 23.3. The Morgan fingerprint density at radius 1 is 1.35 bits per heavy atom. The van der Waals surface area contributed by atoms with Gasteiger partial charge in [-0.1, -0.05) is 18.2 Å². The first-order valence-corrected chi connectivity index (χ1v) is 7.85. The van der Waals surface area contributed by atoms with Crippen LogP contribution in [0.1, 0.15) is 11.3 Å². The van der Waals surface area contributed by atoms with Gasteiger partial charge in [-0.2, -0.15) is 5.10 Å². The molecule has 106 valence electrons. The molecule has 0 aliphatic rings. The highest BCUT2D eigenvalue weighted by Crippen LogP contribution is 2.16. The minimum Gasteiger partial charge on any atom is -0.309 e. The van der Waals surface area contributed by atoms with Crippen molar-refractivity contribution >= 4 is 21.6 Å². The zero-order chi connectivity index (χ0) is 14.8. The summed E-state index contributed by atoms with van der Waals surface area (Å²) in [7, 11) is -3.35. The first kappa shape index (κ1) is 14.3. The Bertz CT molecular complexity index is 735. The number of hydrogen-bond acceptors (Lipinski definition) is 4. The number of H-pyrrole nitrogens is 1. The van der Waals surface area contributed by atoms with Crippen LogP contribution in [0.15, 0.2) is 35.2 Å². The lowest BCUT2D eigenvalue weighted by Gasteiger charge is -2.07. The number of hydrogen-bond donors (Lipinski definition) is 2. The molecule has 1 amide bonds. The summed E-state index contributed by atoms with van der Waals surface area (Å²) in [5, 5.41) is 9.22. The van der Waals surface area contributed by atoms with Gasteiger partial charge in [-0.15, -0.1) is 0 Å². The van der Waals surface area contributed by atoms with Crippen LogP contribution in [-0.4, -0.2) is 30.8 Å². The molecule has 0 radical (unpaired) electrons. The number of aryl methyl sites for hydroxylation is 1. The first-order valence-electron chi connectivity index (χ1n) is 5.96. The maximum absolute atomic E-state index is 11.9. The molecule has 2 rings (SSSR count). The van der Waals surface area contributed by atoms with Gasteiger partial charge in [-0.3, -0.25) is 9.89 Å². The number of anilines is 1. The SMILES string of the molecule is Cc1cc(NC(=O)Cc2ccccc2S(C)(=O)=O)n[nH]1. The number of amides is 1. The van der Waals surface area contributed by atoms with Gasteiger partial charge < -0.3 is 5.32 Å². The van der Waals surface area contributed by atoms with Gasteiger partial charge in [-0.25, -0.2) is 8.42 Å². The zero-order valence-electron chi connectivity index (χ0n) is 11.2. The van der Waals surface area contributed by atoms with Gasteiger partial charge in [0.25, 0.3) is 0 Å². The highest BCUT2D eigenvalue weighted by Gasteiger charge is 2.15. The van der Waals surface area contributed by atoms with E-state index < -0.39 is 9.84 Å². The monoisotopic (exact) mass is 293 g/mol. The van der Waals surface area contributed by atoms with E-state index in [0.29, 0.717) is 11.4 Å². The van der Waals surface area contributed by atoms with Crippen LogP contribution in [0.2, 0.25) is 0 Å². The molecule has 2 aromatic rings. The standard InChI is InChI=1S/C13H15N3O3S/c1-9-7-12(16-15-9)14-13(17)8-10-5-3-4-6-11(10)20(2,18)19/h3-7H,8H2,1-2H3,(H2,14,15,16,17). The summed E-state index contributed by atoms with van der Waals surface area (Å²) in [6, 6.07) is 8.16. The van der Waals surface area contributed by atoms with E-state index in [-0.39, 0.29) is 17.2 Å². The van der Waals surface area contributed by atoms with Gasteiger partial charge in [0, 0.05) is 18.0 Å². The van der Waals surface area contributed by atoms with Gasteiger partial charge in [0.15, 0.2) is 15.7 Å². The highest BCUT2D eigenvalue weighted by atomic mass is 32.2. The van der Waals surface area contributed by atoms with E-state index >= 15 is 0 Å². The number of carbonyl (C=O) groups excluding carboxylic acids is 1. The summed E-state index contributed by atoms with van der Waals surface area (Å²) in [5.74, 6) is 0.108. The number of aromatic amines is 1. The fraction of sp³-hybridized carbons (Fsp3) is 0.231.